The second-order valence-electron chi connectivity index (χ2n) is 4.15. The zero-order valence-corrected chi connectivity index (χ0v) is 10.8. The van der Waals surface area contributed by atoms with E-state index >= 15 is 0 Å². The summed E-state index contributed by atoms with van der Waals surface area (Å²) in [6.45, 7) is 2.51. The van der Waals surface area contributed by atoms with Crippen LogP contribution in [0.25, 0.3) is 0 Å². The molecular formula is C13H17NO5. The molecule has 0 spiro atoms. The normalized spacial score (nSPS) is 10.2. The van der Waals surface area contributed by atoms with E-state index in [1.54, 1.807) is 0 Å². The fraction of sp³-hybridized carbons (Fsp3) is 0.462. The molecule has 104 valence electrons. The lowest BCUT2D eigenvalue weighted by molar-refractivity contribution is -0.384. The quantitative estimate of drug-likeness (QED) is 0.443. The van der Waals surface area contributed by atoms with E-state index in [9.17, 15) is 14.9 Å². The van der Waals surface area contributed by atoms with Crippen molar-refractivity contribution >= 4 is 11.7 Å². The number of benzene rings is 1. The van der Waals surface area contributed by atoms with E-state index in [-0.39, 0.29) is 17.0 Å². The van der Waals surface area contributed by atoms with Gasteiger partial charge in [-0.1, -0.05) is 26.2 Å². The van der Waals surface area contributed by atoms with Crippen molar-refractivity contribution in [2.24, 2.45) is 0 Å². The number of nitrogens with zero attached hydrogens (tertiary/aromatic N) is 1. The Bertz CT molecular complexity index is 458. The number of carbonyl (C=O) groups is 1. The van der Waals surface area contributed by atoms with Crippen LogP contribution in [-0.2, 0) is 0 Å². The maximum atomic E-state index is 11.0. The number of rotatable bonds is 8. The van der Waals surface area contributed by atoms with E-state index in [1.165, 1.54) is 12.1 Å². The molecule has 6 heteroatoms. The lowest BCUT2D eigenvalue weighted by atomic mass is 10.1. The first-order valence-electron chi connectivity index (χ1n) is 6.20. The van der Waals surface area contributed by atoms with Gasteiger partial charge in [-0.05, 0) is 12.5 Å². The molecule has 0 aromatic heterocycles. The Hall–Kier alpha value is -2.11. The van der Waals surface area contributed by atoms with E-state index in [0.717, 1.165) is 31.7 Å². The van der Waals surface area contributed by atoms with E-state index < -0.39 is 10.9 Å². The van der Waals surface area contributed by atoms with Gasteiger partial charge in [0, 0.05) is 12.1 Å². The highest BCUT2D eigenvalue weighted by molar-refractivity contribution is 5.91. The zero-order valence-electron chi connectivity index (χ0n) is 10.8. The third kappa shape index (κ3) is 4.57. The molecule has 0 saturated carbocycles. The molecule has 0 atom stereocenters. The lowest BCUT2D eigenvalue weighted by Gasteiger charge is -2.08. The third-order valence-electron chi connectivity index (χ3n) is 2.66. The topological polar surface area (TPSA) is 89.7 Å². The summed E-state index contributed by atoms with van der Waals surface area (Å²) in [5, 5.41) is 19.6. The molecule has 6 nitrogen and oxygen atoms in total. The minimum Gasteiger partial charge on any atom is -0.493 e. The van der Waals surface area contributed by atoms with Crippen LogP contribution in [0.1, 0.15) is 43.0 Å². The van der Waals surface area contributed by atoms with Crippen LogP contribution in [0.3, 0.4) is 0 Å². The number of unbranched alkanes of at least 4 members (excludes halogenated alkanes) is 3. The van der Waals surface area contributed by atoms with Gasteiger partial charge in [0.15, 0.2) is 0 Å². The van der Waals surface area contributed by atoms with Crippen molar-refractivity contribution in [1.29, 1.82) is 0 Å². The van der Waals surface area contributed by atoms with Crippen molar-refractivity contribution in [1.82, 2.24) is 0 Å². The summed E-state index contributed by atoms with van der Waals surface area (Å²) in [5.74, 6) is -1.05. The molecule has 0 fully saturated rings. The number of carboxylic acid groups (broad SMARTS) is 1. The Morgan fingerprint density at radius 3 is 2.68 bits per heavy atom. The maximum absolute atomic E-state index is 11.0. The van der Waals surface area contributed by atoms with Gasteiger partial charge in [-0.25, -0.2) is 4.79 Å². The summed E-state index contributed by atoms with van der Waals surface area (Å²) in [6.07, 6.45) is 4.07. The van der Waals surface area contributed by atoms with Crippen molar-refractivity contribution < 1.29 is 19.6 Å². The Morgan fingerprint density at radius 1 is 1.37 bits per heavy atom. The predicted molar refractivity (Wildman–Crippen MR) is 69.7 cm³/mol. The van der Waals surface area contributed by atoms with Crippen LogP contribution in [0.5, 0.6) is 5.75 Å². The Balaban J connectivity index is 2.71. The molecule has 0 radical (unpaired) electrons. The van der Waals surface area contributed by atoms with Gasteiger partial charge in [0.25, 0.3) is 5.69 Å². The van der Waals surface area contributed by atoms with E-state index in [4.69, 9.17) is 9.84 Å². The second-order valence-corrected chi connectivity index (χ2v) is 4.15. The Morgan fingerprint density at radius 2 is 2.11 bits per heavy atom. The molecule has 1 rings (SSSR count). The molecule has 0 bridgehead atoms. The fourth-order valence-electron chi connectivity index (χ4n) is 1.64. The molecule has 0 saturated heterocycles. The largest absolute Gasteiger partial charge is 0.493 e. The molecule has 1 N–H and O–H groups in total. The van der Waals surface area contributed by atoms with Crippen LogP contribution < -0.4 is 4.74 Å². The van der Waals surface area contributed by atoms with E-state index in [0.29, 0.717) is 6.61 Å². The predicted octanol–water partition coefficient (Wildman–Crippen LogP) is 3.25. The minimum atomic E-state index is -1.23. The minimum absolute atomic E-state index is 0.176. The number of hydrogen-bond donors (Lipinski definition) is 1. The van der Waals surface area contributed by atoms with Gasteiger partial charge in [-0.2, -0.15) is 0 Å². The first kappa shape index (κ1) is 14.9. The van der Waals surface area contributed by atoms with Crippen LogP contribution in [0.2, 0.25) is 0 Å². The number of nitro groups is 1. The molecular weight excluding hydrogens is 250 g/mol. The lowest BCUT2D eigenvalue weighted by Crippen LogP contribution is -2.05. The average Bonchev–Trinajstić information content (AvgIpc) is 2.38. The van der Waals surface area contributed by atoms with Crippen LogP contribution in [-0.4, -0.2) is 22.6 Å². The molecule has 1 aromatic carbocycles. The summed E-state index contributed by atoms with van der Waals surface area (Å²) < 4.78 is 5.38. The monoisotopic (exact) mass is 267 g/mol. The average molecular weight is 267 g/mol. The van der Waals surface area contributed by atoms with Crippen LogP contribution in [0.15, 0.2) is 18.2 Å². The summed E-state index contributed by atoms with van der Waals surface area (Å²) in [6, 6.07) is 3.60. The first-order valence-corrected chi connectivity index (χ1v) is 6.20. The van der Waals surface area contributed by atoms with Crippen molar-refractivity contribution in [2.75, 3.05) is 6.61 Å². The molecule has 0 heterocycles. The zero-order chi connectivity index (χ0) is 14.3. The fourth-order valence-corrected chi connectivity index (χ4v) is 1.64. The van der Waals surface area contributed by atoms with Gasteiger partial charge < -0.3 is 9.84 Å². The standard InChI is InChI=1S/C13H17NO5/c1-2-3-4-5-8-19-12-7-6-10(14(17)18)9-11(12)13(15)16/h6-7,9H,2-5,8H2,1H3,(H,15,16). The van der Waals surface area contributed by atoms with Gasteiger partial charge in [-0.3, -0.25) is 10.1 Å². The van der Waals surface area contributed by atoms with Crippen LogP contribution in [0.4, 0.5) is 5.69 Å². The van der Waals surface area contributed by atoms with Gasteiger partial charge >= 0.3 is 5.97 Å². The molecule has 0 unspecified atom stereocenters. The molecule has 0 amide bonds. The Kier molecular flexibility index (Phi) is 5.78. The number of nitro benzene ring substituents is 1. The van der Waals surface area contributed by atoms with Crippen molar-refractivity contribution in [2.45, 2.75) is 32.6 Å². The van der Waals surface area contributed by atoms with Gasteiger partial charge in [-0.15, -0.1) is 0 Å². The summed E-state index contributed by atoms with van der Waals surface area (Å²) in [7, 11) is 0. The smallest absolute Gasteiger partial charge is 0.339 e. The second kappa shape index (κ2) is 7.35. The van der Waals surface area contributed by atoms with Crippen molar-refractivity contribution in [3.8, 4) is 5.75 Å². The van der Waals surface area contributed by atoms with Gasteiger partial charge in [0.1, 0.15) is 11.3 Å². The maximum Gasteiger partial charge on any atom is 0.339 e. The van der Waals surface area contributed by atoms with E-state index in [1.807, 2.05) is 0 Å². The van der Waals surface area contributed by atoms with Crippen LogP contribution in [0, 0.1) is 10.1 Å². The number of hydrogen-bond acceptors (Lipinski definition) is 4. The number of ether oxygens (including phenoxy) is 1. The molecule has 1 aromatic rings. The van der Waals surface area contributed by atoms with E-state index in [2.05, 4.69) is 6.92 Å². The highest BCUT2D eigenvalue weighted by atomic mass is 16.6. The summed E-state index contributed by atoms with van der Waals surface area (Å²) in [4.78, 5) is 21.0. The third-order valence-corrected chi connectivity index (χ3v) is 2.66. The highest BCUT2D eigenvalue weighted by Crippen LogP contribution is 2.24. The first-order chi connectivity index (χ1) is 9.06. The van der Waals surface area contributed by atoms with Gasteiger partial charge in [0.05, 0.1) is 11.5 Å². The number of carboxylic acids is 1. The molecule has 0 aliphatic rings. The molecule has 0 aliphatic carbocycles. The van der Waals surface area contributed by atoms with Gasteiger partial charge in [0.2, 0.25) is 0 Å². The van der Waals surface area contributed by atoms with Crippen LogP contribution >= 0.6 is 0 Å². The summed E-state index contributed by atoms with van der Waals surface area (Å²) >= 11 is 0. The number of aromatic carboxylic acids is 1. The Labute approximate surface area is 111 Å². The highest BCUT2D eigenvalue weighted by Gasteiger charge is 2.16. The van der Waals surface area contributed by atoms with Crippen molar-refractivity contribution in [3.63, 3.8) is 0 Å². The summed E-state index contributed by atoms with van der Waals surface area (Å²) in [5.41, 5.74) is -0.430. The molecule has 19 heavy (non-hydrogen) atoms. The SMILES string of the molecule is CCCCCCOc1ccc([N+](=O)[O-])cc1C(=O)O. The number of non-ortho nitro benzene ring substituents is 1. The molecule has 0 aliphatic heterocycles. The van der Waals surface area contributed by atoms with Crippen molar-refractivity contribution in [3.05, 3.63) is 33.9 Å².